The van der Waals surface area contributed by atoms with Gasteiger partial charge in [0.15, 0.2) is 23.1 Å². The van der Waals surface area contributed by atoms with Crippen molar-refractivity contribution in [3.63, 3.8) is 0 Å². The Morgan fingerprint density at radius 3 is 2.33 bits per heavy atom. The second kappa shape index (κ2) is 6.54. The van der Waals surface area contributed by atoms with E-state index in [9.17, 15) is 24.6 Å². The van der Waals surface area contributed by atoms with Crippen LogP contribution in [0.25, 0.3) is 0 Å². The van der Waals surface area contributed by atoms with E-state index < -0.39 is 34.6 Å². The zero-order valence-corrected chi connectivity index (χ0v) is 14.5. The first-order valence-corrected chi connectivity index (χ1v) is 8.97. The van der Waals surface area contributed by atoms with Crippen molar-refractivity contribution in [3.05, 3.63) is 64.3 Å². The normalized spacial score (nSPS) is 23.5. The molecule has 6 nitrogen and oxygen atoms in total. The molecule has 0 spiro atoms. The third kappa shape index (κ3) is 2.97. The fraction of sp³-hybridized carbons (Fsp3) is 0.286. The van der Waals surface area contributed by atoms with Crippen LogP contribution in [0.15, 0.2) is 53.2 Å². The number of ketones is 3. The lowest BCUT2D eigenvalue weighted by atomic mass is 9.83. The summed E-state index contributed by atoms with van der Waals surface area (Å²) < 4.78 is 5.66. The summed E-state index contributed by atoms with van der Waals surface area (Å²) in [6.07, 6.45) is 7.39. The topological polar surface area (TPSA) is 101 Å². The van der Waals surface area contributed by atoms with Crippen molar-refractivity contribution < 1.29 is 29.3 Å². The van der Waals surface area contributed by atoms with Gasteiger partial charge in [-0.2, -0.15) is 0 Å². The molecule has 2 aliphatic carbocycles. The van der Waals surface area contributed by atoms with Crippen molar-refractivity contribution in [3.8, 4) is 5.75 Å². The minimum absolute atomic E-state index is 0.166. The Morgan fingerprint density at radius 2 is 1.59 bits per heavy atom. The number of allylic oxidation sites excluding steroid dienone is 4. The molecule has 1 aromatic carbocycles. The Kier molecular flexibility index (Phi) is 4.18. The van der Waals surface area contributed by atoms with Gasteiger partial charge in [0, 0.05) is 6.08 Å². The molecule has 4 rings (SSSR count). The largest absolute Gasteiger partial charge is 0.504 e. The number of aliphatic hydroxyl groups is 2. The number of rotatable bonds is 1. The van der Waals surface area contributed by atoms with Crippen LogP contribution in [0, 0.1) is 0 Å². The van der Waals surface area contributed by atoms with Crippen LogP contribution in [0.5, 0.6) is 5.75 Å². The van der Waals surface area contributed by atoms with Crippen LogP contribution < -0.4 is 4.74 Å². The minimum Gasteiger partial charge on any atom is -0.504 e. The van der Waals surface area contributed by atoms with E-state index in [1.807, 2.05) is 6.07 Å². The van der Waals surface area contributed by atoms with Crippen molar-refractivity contribution in [1.29, 1.82) is 0 Å². The quantitative estimate of drug-likeness (QED) is 0.582. The second-order valence-electron chi connectivity index (χ2n) is 7.02. The highest BCUT2D eigenvalue weighted by Gasteiger charge is 2.36. The predicted octanol–water partition coefficient (Wildman–Crippen LogP) is 3.60. The lowest BCUT2D eigenvalue weighted by Gasteiger charge is -2.25. The van der Waals surface area contributed by atoms with Gasteiger partial charge in [-0.25, -0.2) is 0 Å². The number of hydrogen-bond acceptors (Lipinski definition) is 6. The van der Waals surface area contributed by atoms with Crippen molar-refractivity contribution in [1.82, 2.24) is 0 Å². The monoisotopic (exact) mass is 366 g/mol. The molecule has 138 valence electrons. The molecule has 0 bridgehead atoms. The maximum Gasteiger partial charge on any atom is 0.269 e. The maximum atomic E-state index is 12.5. The van der Waals surface area contributed by atoms with E-state index >= 15 is 0 Å². The van der Waals surface area contributed by atoms with Crippen LogP contribution in [-0.2, 0) is 9.59 Å². The van der Waals surface area contributed by atoms with Crippen LogP contribution in [0.1, 0.15) is 53.9 Å². The Balaban J connectivity index is 1.76. The summed E-state index contributed by atoms with van der Waals surface area (Å²) in [5, 5.41) is 19.1. The average molecular weight is 366 g/mol. The van der Waals surface area contributed by atoms with Gasteiger partial charge >= 0.3 is 0 Å². The van der Waals surface area contributed by atoms with Gasteiger partial charge in [0.25, 0.3) is 5.78 Å². The zero-order chi connectivity index (χ0) is 19.1. The van der Waals surface area contributed by atoms with Crippen LogP contribution in [-0.4, -0.2) is 27.6 Å². The molecule has 1 heterocycles. The number of carbonyl (C=O) groups is 3. The molecule has 2 N–H and O–H groups in total. The van der Waals surface area contributed by atoms with E-state index in [4.69, 9.17) is 4.74 Å². The smallest absolute Gasteiger partial charge is 0.269 e. The van der Waals surface area contributed by atoms with E-state index in [2.05, 4.69) is 0 Å². The molecule has 6 heteroatoms. The molecule has 0 radical (unpaired) electrons. The van der Waals surface area contributed by atoms with Gasteiger partial charge in [0.1, 0.15) is 5.75 Å². The molecule has 3 aliphatic rings. The lowest BCUT2D eigenvalue weighted by Crippen LogP contribution is -2.29. The van der Waals surface area contributed by atoms with Crippen molar-refractivity contribution in [2.75, 3.05) is 0 Å². The number of hydrogen-bond donors (Lipinski definition) is 2. The number of Topliss-reactive ketones (excluding diaryl/α,β-unsaturated/α-hetero) is 2. The average Bonchev–Trinajstić information content (AvgIpc) is 2.68. The van der Waals surface area contributed by atoms with E-state index in [0.717, 1.165) is 43.4 Å². The molecule has 0 saturated heterocycles. The SMILES string of the molecule is O=C1C=C(O)C(O)=C/C1=C1/Oc2cc(C3CCCCC3)ccc2C(=O)C1=O. The maximum absolute atomic E-state index is 12.5. The van der Waals surface area contributed by atoms with Gasteiger partial charge in [-0.3, -0.25) is 14.4 Å². The number of aliphatic hydroxyl groups excluding tert-OH is 2. The van der Waals surface area contributed by atoms with Gasteiger partial charge in [-0.15, -0.1) is 0 Å². The van der Waals surface area contributed by atoms with Gasteiger partial charge < -0.3 is 14.9 Å². The molecule has 1 aromatic rings. The number of carbonyl (C=O) groups excluding carboxylic acids is 3. The van der Waals surface area contributed by atoms with Crippen molar-refractivity contribution in [2.45, 2.75) is 38.0 Å². The molecule has 0 unspecified atom stereocenters. The van der Waals surface area contributed by atoms with E-state index in [0.29, 0.717) is 5.92 Å². The molecule has 1 aliphatic heterocycles. The molecule has 0 aromatic heterocycles. The molecule has 1 fully saturated rings. The summed E-state index contributed by atoms with van der Waals surface area (Å²) in [6.45, 7) is 0. The third-order valence-electron chi connectivity index (χ3n) is 5.27. The molecule has 27 heavy (non-hydrogen) atoms. The highest BCUT2D eigenvalue weighted by atomic mass is 16.5. The van der Waals surface area contributed by atoms with E-state index in [-0.39, 0.29) is 16.9 Å². The van der Waals surface area contributed by atoms with Crippen molar-refractivity contribution in [2.24, 2.45) is 0 Å². The van der Waals surface area contributed by atoms with Crippen LogP contribution in [0.4, 0.5) is 0 Å². The highest BCUT2D eigenvalue weighted by molar-refractivity contribution is 6.51. The molecular weight excluding hydrogens is 348 g/mol. The Morgan fingerprint density at radius 1 is 0.889 bits per heavy atom. The third-order valence-corrected chi connectivity index (χ3v) is 5.27. The first-order valence-electron chi connectivity index (χ1n) is 8.97. The molecule has 0 atom stereocenters. The van der Waals surface area contributed by atoms with Gasteiger partial charge in [0.2, 0.25) is 5.78 Å². The summed E-state index contributed by atoms with van der Waals surface area (Å²) in [5.41, 5.74) is 0.960. The summed E-state index contributed by atoms with van der Waals surface area (Å²) in [7, 11) is 0. The Bertz CT molecular complexity index is 957. The van der Waals surface area contributed by atoms with Crippen molar-refractivity contribution >= 4 is 17.3 Å². The number of ether oxygens (including phenoxy) is 1. The summed E-state index contributed by atoms with van der Waals surface area (Å²) in [5.74, 6) is -3.38. The lowest BCUT2D eigenvalue weighted by molar-refractivity contribution is -0.115. The van der Waals surface area contributed by atoms with E-state index in [1.54, 1.807) is 12.1 Å². The van der Waals surface area contributed by atoms with Crippen LogP contribution in [0.3, 0.4) is 0 Å². The molecular formula is C21H18O6. The fourth-order valence-electron chi connectivity index (χ4n) is 3.79. The Hall–Kier alpha value is -3.15. The standard InChI is InChI=1S/C21H18O6/c22-15-10-17(24)16(23)9-14(15)21-20(26)19(25)13-7-6-12(8-18(13)27-21)11-4-2-1-3-5-11/h6-11,23-24H,1-5H2/b21-14-. The van der Waals surface area contributed by atoms with E-state index in [1.165, 1.54) is 6.42 Å². The number of benzene rings is 1. The summed E-state index contributed by atoms with van der Waals surface area (Å²) in [4.78, 5) is 37.1. The zero-order valence-electron chi connectivity index (χ0n) is 14.5. The van der Waals surface area contributed by atoms with Gasteiger partial charge in [-0.1, -0.05) is 25.3 Å². The first-order chi connectivity index (χ1) is 13.0. The van der Waals surface area contributed by atoms with Gasteiger partial charge in [-0.05, 0) is 42.5 Å². The van der Waals surface area contributed by atoms with Gasteiger partial charge in [0.05, 0.1) is 11.1 Å². The second-order valence-corrected chi connectivity index (χ2v) is 7.02. The minimum atomic E-state index is -0.949. The van der Waals surface area contributed by atoms with Crippen LogP contribution in [0.2, 0.25) is 0 Å². The molecule has 1 saturated carbocycles. The van der Waals surface area contributed by atoms with Crippen LogP contribution >= 0.6 is 0 Å². The number of fused-ring (bicyclic) bond motifs is 1. The fourth-order valence-corrected chi connectivity index (χ4v) is 3.79. The Labute approximate surface area is 155 Å². The highest BCUT2D eigenvalue weighted by Crippen LogP contribution is 2.37. The summed E-state index contributed by atoms with van der Waals surface area (Å²) in [6, 6.07) is 5.23. The molecule has 0 amide bonds. The summed E-state index contributed by atoms with van der Waals surface area (Å²) >= 11 is 0. The predicted molar refractivity (Wildman–Crippen MR) is 95.7 cm³/mol. The first kappa shape index (κ1) is 17.3.